The minimum absolute atomic E-state index is 0.0346. The van der Waals surface area contributed by atoms with Crippen molar-refractivity contribution in [3.8, 4) is 0 Å². The van der Waals surface area contributed by atoms with Gasteiger partial charge in [-0.25, -0.2) is 9.18 Å². The Morgan fingerprint density at radius 3 is 2.48 bits per heavy atom. The first-order valence-corrected chi connectivity index (χ1v) is 7.84. The van der Waals surface area contributed by atoms with Crippen molar-refractivity contribution >= 4 is 23.5 Å². The molecule has 2 aromatic rings. The molecule has 0 heterocycles. The van der Waals surface area contributed by atoms with Gasteiger partial charge in [0.2, 0.25) is 0 Å². The number of aliphatic hydroxyl groups excluding tert-OH is 1. The molecule has 0 saturated heterocycles. The van der Waals surface area contributed by atoms with Crippen LogP contribution in [-0.4, -0.2) is 35.5 Å². The lowest BCUT2D eigenvalue weighted by molar-refractivity contribution is -0.133. The minimum Gasteiger partial charge on any atom is -0.452 e. The highest BCUT2D eigenvalue weighted by Gasteiger charge is 2.16. The Morgan fingerprint density at radius 1 is 1.20 bits per heavy atom. The number of carbonyl (C=O) groups excluding carboxylic acids is 2. The largest absolute Gasteiger partial charge is 0.452 e. The molecule has 0 fully saturated rings. The van der Waals surface area contributed by atoms with Crippen molar-refractivity contribution in [3.63, 3.8) is 0 Å². The molecule has 0 radical (unpaired) electrons. The van der Waals surface area contributed by atoms with E-state index in [4.69, 9.17) is 21.4 Å². The number of nitrogens with zero attached hydrogens (tertiary/aromatic N) is 1. The smallest absolute Gasteiger partial charge is 0.338 e. The highest BCUT2D eigenvalue weighted by Crippen LogP contribution is 2.20. The number of rotatable bonds is 6. The molecule has 0 aliphatic heterocycles. The Kier molecular flexibility index (Phi) is 6.50. The molecule has 0 spiro atoms. The molecule has 0 saturated carbocycles. The monoisotopic (exact) mass is 365 g/mol. The summed E-state index contributed by atoms with van der Waals surface area (Å²) in [5.41, 5.74) is 1.13. The van der Waals surface area contributed by atoms with Gasteiger partial charge in [-0.15, -0.1) is 0 Å². The molecule has 132 valence electrons. The van der Waals surface area contributed by atoms with Crippen LogP contribution in [0, 0.1) is 5.82 Å². The molecule has 0 aromatic heterocycles. The van der Waals surface area contributed by atoms with Gasteiger partial charge in [0.25, 0.3) is 5.91 Å². The summed E-state index contributed by atoms with van der Waals surface area (Å²) in [6.07, 6.45) is 0. The average molecular weight is 366 g/mol. The van der Waals surface area contributed by atoms with E-state index >= 15 is 0 Å². The average Bonchev–Trinajstić information content (AvgIpc) is 2.62. The number of aliphatic hydroxyl groups is 1. The fourth-order valence-electron chi connectivity index (χ4n) is 2.08. The number of hydrogen-bond donors (Lipinski definition) is 1. The molecule has 5 nitrogen and oxygen atoms in total. The molecular weight excluding hydrogens is 349 g/mol. The lowest BCUT2D eigenvalue weighted by Gasteiger charge is -2.18. The van der Waals surface area contributed by atoms with E-state index in [1.807, 2.05) is 0 Å². The van der Waals surface area contributed by atoms with Gasteiger partial charge in [-0.1, -0.05) is 29.8 Å². The van der Waals surface area contributed by atoms with Gasteiger partial charge in [-0.2, -0.15) is 0 Å². The number of carbonyl (C=O) groups is 2. The van der Waals surface area contributed by atoms with Crippen LogP contribution in [-0.2, 0) is 22.7 Å². The summed E-state index contributed by atoms with van der Waals surface area (Å²) in [4.78, 5) is 25.2. The molecule has 0 atom stereocenters. The fourth-order valence-corrected chi connectivity index (χ4v) is 2.30. The van der Waals surface area contributed by atoms with Crippen LogP contribution in [0.4, 0.5) is 4.39 Å². The summed E-state index contributed by atoms with van der Waals surface area (Å²) in [6, 6.07) is 10.5. The van der Waals surface area contributed by atoms with E-state index in [1.54, 1.807) is 12.1 Å². The number of ether oxygens (including phenoxy) is 1. The first kappa shape index (κ1) is 18.9. The third kappa shape index (κ3) is 5.01. The van der Waals surface area contributed by atoms with E-state index in [2.05, 4.69) is 0 Å². The number of amides is 1. The summed E-state index contributed by atoms with van der Waals surface area (Å²) in [7, 11) is 1.47. The van der Waals surface area contributed by atoms with E-state index in [-0.39, 0.29) is 29.3 Å². The van der Waals surface area contributed by atoms with Crippen molar-refractivity contribution in [1.29, 1.82) is 0 Å². The third-order valence-corrected chi connectivity index (χ3v) is 3.94. The Bertz CT molecular complexity index is 744. The second kappa shape index (κ2) is 8.60. The zero-order valence-electron chi connectivity index (χ0n) is 13.5. The molecule has 25 heavy (non-hydrogen) atoms. The first-order valence-electron chi connectivity index (χ1n) is 7.46. The summed E-state index contributed by atoms with van der Waals surface area (Å²) >= 11 is 5.93. The Labute approximate surface area is 149 Å². The summed E-state index contributed by atoms with van der Waals surface area (Å²) in [6.45, 7) is -0.631. The predicted octanol–water partition coefficient (Wildman–Crippen LogP) is 2.79. The van der Waals surface area contributed by atoms with E-state index in [0.29, 0.717) is 5.56 Å². The standard InChI is InChI=1S/C18H17ClFNO4/c1-21(9-14-15(19)3-2-4-16(14)20)17(23)11-25-18(24)13-7-5-12(10-22)6-8-13/h2-8,22H,9-11H2,1H3. The molecule has 2 aromatic carbocycles. The SMILES string of the molecule is CN(Cc1c(F)cccc1Cl)C(=O)COC(=O)c1ccc(CO)cc1. The molecule has 2 rings (SSSR count). The molecule has 0 bridgehead atoms. The van der Waals surface area contributed by atoms with Crippen molar-refractivity contribution < 1.29 is 23.8 Å². The van der Waals surface area contributed by atoms with Gasteiger partial charge >= 0.3 is 5.97 Å². The van der Waals surface area contributed by atoms with Gasteiger partial charge < -0.3 is 14.7 Å². The van der Waals surface area contributed by atoms with Crippen LogP contribution in [0.2, 0.25) is 5.02 Å². The van der Waals surface area contributed by atoms with Crippen molar-refractivity contribution in [2.24, 2.45) is 0 Å². The normalized spacial score (nSPS) is 10.4. The second-order valence-electron chi connectivity index (χ2n) is 5.38. The zero-order chi connectivity index (χ0) is 18.4. The van der Waals surface area contributed by atoms with Crippen LogP contribution in [0.5, 0.6) is 0 Å². The van der Waals surface area contributed by atoms with Crippen molar-refractivity contribution in [1.82, 2.24) is 4.90 Å². The second-order valence-corrected chi connectivity index (χ2v) is 5.79. The van der Waals surface area contributed by atoms with Gasteiger partial charge in [0.15, 0.2) is 6.61 Å². The highest BCUT2D eigenvalue weighted by atomic mass is 35.5. The van der Waals surface area contributed by atoms with Crippen LogP contribution in [0.15, 0.2) is 42.5 Å². The molecule has 1 amide bonds. The van der Waals surface area contributed by atoms with Crippen LogP contribution in [0.1, 0.15) is 21.5 Å². The van der Waals surface area contributed by atoms with Crippen LogP contribution in [0.3, 0.4) is 0 Å². The Balaban J connectivity index is 1.91. The van der Waals surface area contributed by atoms with Crippen LogP contribution >= 0.6 is 11.6 Å². The van der Waals surface area contributed by atoms with E-state index in [1.165, 1.54) is 42.3 Å². The number of hydrogen-bond acceptors (Lipinski definition) is 4. The third-order valence-electron chi connectivity index (χ3n) is 3.58. The quantitative estimate of drug-likeness (QED) is 0.799. The lowest BCUT2D eigenvalue weighted by Crippen LogP contribution is -2.31. The van der Waals surface area contributed by atoms with Crippen LogP contribution in [0.25, 0.3) is 0 Å². The van der Waals surface area contributed by atoms with Crippen molar-refractivity contribution in [2.75, 3.05) is 13.7 Å². The number of benzene rings is 2. The van der Waals surface area contributed by atoms with Gasteiger partial charge in [0.1, 0.15) is 5.82 Å². The molecule has 0 unspecified atom stereocenters. The van der Waals surface area contributed by atoms with E-state index < -0.39 is 24.3 Å². The Hall–Kier alpha value is -2.44. The zero-order valence-corrected chi connectivity index (χ0v) is 14.3. The fraction of sp³-hybridized carbons (Fsp3) is 0.222. The highest BCUT2D eigenvalue weighted by molar-refractivity contribution is 6.31. The number of halogens is 2. The first-order chi connectivity index (χ1) is 11.9. The molecule has 1 N–H and O–H groups in total. The maximum Gasteiger partial charge on any atom is 0.338 e. The summed E-state index contributed by atoms with van der Waals surface area (Å²) < 4.78 is 18.7. The van der Waals surface area contributed by atoms with Gasteiger partial charge in [0.05, 0.1) is 12.2 Å². The van der Waals surface area contributed by atoms with Gasteiger partial charge in [-0.05, 0) is 29.8 Å². The summed E-state index contributed by atoms with van der Waals surface area (Å²) in [5, 5.41) is 9.18. The maximum atomic E-state index is 13.7. The van der Waals surface area contributed by atoms with Crippen LogP contribution < -0.4 is 0 Å². The number of likely N-dealkylation sites (N-methyl/N-ethyl adjacent to an activating group) is 1. The number of esters is 1. The molecule has 0 aliphatic carbocycles. The molecule has 7 heteroatoms. The molecular formula is C18H17ClFNO4. The summed E-state index contributed by atoms with van der Waals surface area (Å²) in [5.74, 6) is -1.65. The van der Waals surface area contributed by atoms with Crippen molar-refractivity contribution in [3.05, 3.63) is 70.0 Å². The maximum absolute atomic E-state index is 13.7. The van der Waals surface area contributed by atoms with Crippen molar-refractivity contribution in [2.45, 2.75) is 13.2 Å². The topological polar surface area (TPSA) is 66.8 Å². The van der Waals surface area contributed by atoms with E-state index in [0.717, 1.165) is 0 Å². The van der Waals surface area contributed by atoms with E-state index in [9.17, 15) is 14.0 Å². The predicted molar refractivity (Wildman–Crippen MR) is 90.5 cm³/mol. The van der Waals surface area contributed by atoms with Gasteiger partial charge in [0, 0.05) is 24.2 Å². The van der Waals surface area contributed by atoms with Gasteiger partial charge in [-0.3, -0.25) is 4.79 Å². The Morgan fingerprint density at radius 2 is 1.88 bits per heavy atom. The minimum atomic E-state index is -0.657. The lowest BCUT2D eigenvalue weighted by atomic mass is 10.1. The molecule has 0 aliphatic rings.